The molecule has 1 saturated heterocycles. The Labute approximate surface area is 114 Å². The number of aromatic nitrogens is 1. The molecule has 0 bridgehead atoms. The van der Waals surface area contributed by atoms with Gasteiger partial charge in [0.1, 0.15) is 0 Å². The molecule has 0 radical (unpaired) electrons. The van der Waals surface area contributed by atoms with E-state index in [1.165, 1.54) is 16.4 Å². The van der Waals surface area contributed by atoms with Crippen molar-refractivity contribution >= 4 is 16.5 Å². The molecule has 1 aliphatic heterocycles. The van der Waals surface area contributed by atoms with E-state index in [9.17, 15) is 0 Å². The number of nitrogens with one attached hydrogen (secondary N) is 1. The van der Waals surface area contributed by atoms with E-state index in [4.69, 9.17) is 0 Å². The maximum atomic E-state index is 4.56. The van der Waals surface area contributed by atoms with Crippen LogP contribution in [0.4, 0.5) is 5.13 Å². The Bertz CT molecular complexity index is 366. The number of anilines is 1. The second-order valence-corrected chi connectivity index (χ2v) is 6.16. The number of thiazole rings is 1. The third-order valence-corrected chi connectivity index (χ3v) is 4.56. The molecular weight excluding hydrogens is 244 g/mol. The van der Waals surface area contributed by atoms with Crippen molar-refractivity contribution in [2.75, 3.05) is 38.1 Å². The minimum atomic E-state index is 0.615. The standard InChI is InChI=1S/C13H24N4S/c1-4-5-14-8-12-9-15-13(18-12)17-7-6-16(3)11(2)10-17/h9,11,14H,4-8,10H2,1-3H3. The molecule has 1 unspecified atom stereocenters. The van der Waals surface area contributed by atoms with Crippen LogP contribution in [0, 0.1) is 0 Å². The Kier molecular flexibility index (Phi) is 4.97. The van der Waals surface area contributed by atoms with Crippen molar-refractivity contribution in [3.63, 3.8) is 0 Å². The van der Waals surface area contributed by atoms with E-state index in [1.54, 1.807) is 0 Å². The van der Waals surface area contributed by atoms with Crippen LogP contribution in [0.15, 0.2) is 6.20 Å². The van der Waals surface area contributed by atoms with Crippen LogP contribution in [0.25, 0.3) is 0 Å². The zero-order valence-electron chi connectivity index (χ0n) is 11.6. The van der Waals surface area contributed by atoms with Crippen LogP contribution in [-0.4, -0.2) is 49.2 Å². The fourth-order valence-corrected chi connectivity index (χ4v) is 3.05. The lowest BCUT2D eigenvalue weighted by molar-refractivity contribution is 0.234. The SMILES string of the molecule is CCCNCc1cnc(N2CCN(C)C(C)C2)s1. The average Bonchev–Trinajstić information content (AvgIpc) is 2.82. The second kappa shape index (κ2) is 6.50. The van der Waals surface area contributed by atoms with Crippen LogP contribution in [0.5, 0.6) is 0 Å². The predicted octanol–water partition coefficient (Wildman–Crippen LogP) is 1.78. The summed E-state index contributed by atoms with van der Waals surface area (Å²) in [4.78, 5) is 10.7. The number of rotatable bonds is 5. The Morgan fingerprint density at radius 1 is 1.50 bits per heavy atom. The van der Waals surface area contributed by atoms with Gasteiger partial charge in [-0.2, -0.15) is 0 Å². The number of nitrogens with zero attached hydrogens (tertiary/aromatic N) is 3. The van der Waals surface area contributed by atoms with Crippen LogP contribution in [0.3, 0.4) is 0 Å². The van der Waals surface area contributed by atoms with Crippen LogP contribution in [0.1, 0.15) is 25.1 Å². The van der Waals surface area contributed by atoms with Crippen molar-refractivity contribution < 1.29 is 0 Å². The van der Waals surface area contributed by atoms with Crippen molar-refractivity contribution in [1.82, 2.24) is 15.2 Å². The van der Waals surface area contributed by atoms with Crippen molar-refractivity contribution in [3.8, 4) is 0 Å². The highest BCUT2D eigenvalue weighted by atomic mass is 32.1. The van der Waals surface area contributed by atoms with Gasteiger partial charge < -0.3 is 15.1 Å². The minimum Gasteiger partial charge on any atom is -0.345 e. The first-order valence-electron chi connectivity index (χ1n) is 6.81. The van der Waals surface area contributed by atoms with Gasteiger partial charge in [0, 0.05) is 43.3 Å². The van der Waals surface area contributed by atoms with Gasteiger partial charge in [0.15, 0.2) is 5.13 Å². The summed E-state index contributed by atoms with van der Waals surface area (Å²) in [7, 11) is 2.20. The van der Waals surface area contributed by atoms with Gasteiger partial charge in [-0.05, 0) is 26.9 Å². The molecule has 5 heteroatoms. The van der Waals surface area contributed by atoms with E-state index in [2.05, 4.69) is 41.0 Å². The number of hydrogen-bond acceptors (Lipinski definition) is 5. The highest BCUT2D eigenvalue weighted by Gasteiger charge is 2.22. The molecule has 2 rings (SSSR count). The Balaban J connectivity index is 1.89. The topological polar surface area (TPSA) is 31.4 Å². The van der Waals surface area contributed by atoms with Crippen molar-refractivity contribution in [2.24, 2.45) is 0 Å². The summed E-state index contributed by atoms with van der Waals surface area (Å²) in [6.07, 6.45) is 3.20. The van der Waals surface area contributed by atoms with Gasteiger partial charge in [0.2, 0.25) is 0 Å². The molecule has 1 aromatic rings. The fraction of sp³-hybridized carbons (Fsp3) is 0.769. The molecule has 18 heavy (non-hydrogen) atoms. The molecule has 1 N–H and O–H groups in total. The van der Waals surface area contributed by atoms with Gasteiger partial charge in [-0.1, -0.05) is 6.92 Å². The molecule has 0 aliphatic carbocycles. The van der Waals surface area contributed by atoms with Gasteiger partial charge in [-0.25, -0.2) is 4.98 Å². The van der Waals surface area contributed by atoms with Crippen LogP contribution in [0.2, 0.25) is 0 Å². The lowest BCUT2D eigenvalue weighted by Gasteiger charge is -2.37. The van der Waals surface area contributed by atoms with Crippen molar-refractivity contribution in [2.45, 2.75) is 32.9 Å². The lowest BCUT2D eigenvalue weighted by Crippen LogP contribution is -2.50. The van der Waals surface area contributed by atoms with E-state index in [0.29, 0.717) is 6.04 Å². The van der Waals surface area contributed by atoms with Crippen molar-refractivity contribution in [3.05, 3.63) is 11.1 Å². The molecule has 102 valence electrons. The molecule has 4 nitrogen and oxygen atoms in total. The number of piperazine rings is 1. The minimum absolute atomic E-state index is 0.615. The summed E-state index contributed by atoms with van der Waals surface area (Å²) in [5.74, 6) is 0. The predicted molar refractivity (Wildman–Crippen MR) is 78.4 cm³/mol. The highest BCUT2D eigenvalue weighted by molar-refractivity contribution is 7.15. The normalized spacial score (nSPS) is 21.5. The van der Waals surface area contributed by atoms with Crippen LogP contribution >= 0.6 is 11.3 Å². The largest absolute Gasteiger partial charge is 0.345 e. The molecule has 1 aliphatic rings. The van der Waals surface area contributed by atoms with Gasteiger partial charge in [-0.15, -0.1) is 11.3 Å². The summed E-state index contributed by atoms with van der Waals surface area (Å²) in [5, 5.41) is 4.61. The molecule has 0 spiro atoms. The lowest BCUT2D eigenvalue weighted by atomic mass is 10.2. The monoisotopic (exact) mass is 268 g/mol. The second-order valence-electron chi connectivity index (χ2n) is 5.06. The van der Waals surface area contributed by atoms with Gasteiger partial charge in [0.05, 0.1) is 0 Å². The zero-order valence-corrected chi connectivity index (χ0v) is 12.5. The third kappa shape index (κ3) is 3.43. The number of hydrogen-bond donors (Lipinski definition) is 1. The molecular formula is C13H24N4S. The van der Waals surface area contributed by atoms with E-state index in [0.717, 1.165) is 32.7 Å². The van der Waals surface area contributed by atoms with E-state index >= 15 is 0 Å². The van der Waals surface area contributed by atoms with Gasteiger partial charge >= 0.3 is 0 Å². The van der Waals surface area contributed by atoms with E-state index in [-0.39, 0.29) is 0 Å². The van der Waals surface area contributed by atoms with E-state index in [1.807, 2.05) is 17.5 Å². The molecule has 1 aromatic heterocycles. The third-order valence-electron chi connectivity index (χ3n) is 3.50. The van der Waals surface area contributed by atoms with Crippen LogP contribution < -0.4 is 10.2 Å². The molecule has 0 amide bonds. The summed E-state index contributed by atoms with van der Waals surface area (Å²) >= 11 is 1.83. The molecule has 0 saturated carbocycles. The average molecular weight is 268 g/mol. The maximum absolute atomic E-state index is 4.56. The maximum Gasteiger partial charge on any atom is 0.185 e. The molecule has 0 aromatic carbocycles. The summed E-state index contributed by atoms with van der Waals surface area (Å²) in [6, 6.07) is 0.615. The summed E-state index contributed by atoms with van der Waals surface area (Å²) in [5.41, 5.74) is 0. The first-order chi connectivity index (χ1) is 8.70. The quantitative estimate of drug-likeness (QED) is 0.825. The molecule has 1 fully saturated rings. The first-order valence-corrected chi connectivity index (χ1v) is 7.63. The van der Waals surface area contributed by atoms with Gasteiger partial charge in [0.25, 0.3) is 0 Å². The highest BCUT2D eigenvalue weighted by Crippen LogP contribution is 2.24. The summed E-state index contributed by atoms with van der Waals surface area (Å²) < 4.78 is 0. The fourth-order valence-electron chi connectivity index (χ4n) is 2.14. The molecule has 2 heterocycles. The van der Waals surface area contributed by atoms with Gasteiger partial charge in [-0.3, -0.25) is 0 Å². The van der Waals surface area contributed by atoms with E-state index < -0.39 is 0 Å². The zero-order chi connectivity index (χ0) is 13.0. The summed E-state index contributed by atoms with van der Waals surface area (Å²) in [6.45, 7) is 9.82. The Hall–Kier alpha value is -0.650. The number of likely N-dealkylation sites (N-methyl/N-ethyl adjacent to an activating group) is 1. The Morgan fingerprint density at radius 3 is 3.06 bits per heavy atom. The van der Waals surface area contributed by atoms with Crippen LogP contribution in [-0.2, 0) is 6.54 Å². The smallest absolute Gasteiger partial charge is 0.185 e. The molecule has 1 atom stereocenters. The Morgan fingerprint density at radius 2 is 2.33 bits per heavy atom. The van der Waals surface area contributed by atoms with Crippen molar-refractivity contribution in [1.29, 1.82) is 0 Å². The first kappa shape index (κ1) is 13.8.